The van der Waals surface area contributed by atoms with Crippen LogP contribution in [0.2, 0.25) is 0 Å². The molecule has 1 unspecified atom stereocenters. The number of nitrogens with one attached hydrogen (secondary N) is 3. The Kier molecular flexibility index (Phi) is 6.31. The number of hydrazine groups is 1. The van der Waals surface area contributed by atoms with Gasteiger partial charge in [-0.25, -0.2) is 10.2 Å². The lowest BCUT2D eigenvalue weighted by Gasteiger charge is -2.12. The summed E-state index contributed by atoms with van der Waals surface area (Å²) in [6.07, 6.45) is 0.506. The van der Waals surface area contributed by atoms with Crippen molar-refractivity contribution in [1.29, 1.82) is 0 Å². The number of carbonyl (C=O) groups is 2. The van der Waals surface area contributed by atoms with Crippen LogP contribution in [-0.4, -0.2) is 18.0 Å². The standard InChI is InChI=1S/C12H17BrN4O2/c1-2-10(14)11(18)16-17-12(19)15-7-8-5-3-4-6-9(8)13/h3-6,10H,2,7,14H2,1H3,(H,16,18)(H2,15,17,19). The summed E-state index contributed by atoms with van der Waals surface area (Å²) < 4.78 is 0.910. The first-order valence-electron chi connectivity index (χ1n) is 5.87. The molecular weight excluding hydrogens is 312 g/mol. The molecule has 104 valence electrons. The van der Waals surface area contributed by atoms with Gasteiger partial charge in [0.2, 0.25) is 0 Å². The lowest BCUT2D eigenvalue weighted by molar-refractivity contribution is -0.123. The zero-order valence-corrected chi connectivity index (χ0v) is 12.2. The summed E-state index contributed by atoms with van der Waals surface area (Å²) >= 11 is 3.38. The van der Waals surface area contributed by atoms with Crippen LogP contribution >= 0.6 is 15.9 Å². The number of hydrogen-bond acceptors (Lipinski definition) is 3. The van der Waals surface area contributed by atoms with Gasteiger partial charge in [-0.3, -0.25) is 10.2 Å². The molecule has 19 heavy (non-hydrogen) atoms. The average molecular weight is 329 g/mol. The van der Waals surface area contributed by atoms with Crippen molar-refractivity contribution < 1.29 is 9.59 Å². The Morgan fingerprint density at radius 2 is 2.00 bits per heavy atom. The van der Waals surface area contributed by atoms with Crippen LogP contribution in [0.1, 0.15) is 18.9 Å². The number of halogens is 1. The SMILES string of the molecule is CCC(N)C(=O)NNC(=O)NCc1ccccc1Br. The third-order valence-electron chi connectivity index (χ3n) is 2.47. The smallest absolute Gasteiger partial charge is 0.333 e. The van der Waals surface area contributed by atoms with E-state index in [0.717, 1.165) is 10.0 Å². The van der Waals surface area contributed by atoms with E-state index in [0.29, 0.717) is 13.0 Å². The van der Waals surface area contributed by atoms with E-state index in [9.17, 15) is 9.59 Å². The average Bonchev–Trinajstić information content (AvgIpc) is 2.42. The topological polar surface area (TPSA) is 96.2 Å². The zero-order chi connectivity index (χ0) is 14.3. The number of rotatable bonds is 4. The molecule has 0 spiro atoms. The van der Waals surface area contributed by atoms with Crippen molar-refractivity contribution >= 4 is 27.9 Å². The molecule has 0 heterocycles. The number of hydrogen-bond donors (Lipinski definition) is 4. The monoisotopic (exact) mass is 328 g/mol. The predicted octanol–water partition coefficient (Wildman–Crippen LogP) is 1.02. The van der Waals surface area contributed by atoms with Crippen LogP contribution in [-0.2, 0) is 11.3 Å². The number of amides is 3. The summed E-state index contributed by atoms with van der Waals surface area (Å²) in [5, 5.41) is 2.62. The normalized spacial score (nSPS) is 11.5. The van der Waals surface area contributed by atoms with Gasteiger partial charge in [-0.1, -0.05) is 41.1 Å². The maximum atomic E-state index is 11.4. The van der Waals surface area contributed by atoms with Gasteiger partial charge in [0.05, 0.1) is 6.04 Å². The van der Waals surface area contributed by atoms with Crippen molar-refractivity contribution in [3.8, 4) is 0 Å². The lowest BCUT2D eigenvalue weighted by Crippen LogP contribution is -2.51. The first-order valence-corrected chi connectivity index (χ1v) is 6.66. The van der Waals surface area contributed by atoms with E-state index in [1.54, 1.807) is 6.92 Å². The summed E-state index contributed by atoms with van der Waals surface area (Å²) in [7, 11) is 0. The van der Waals surface area contributed by atoms with Gasteiger partial charge >= 0.3 is 6.03 Å². The van der Waals surface area contributed by atoms with Gasteiger partial charge in [-0.15, -0.1) is 0 Å². The molecule has 6 nitrogen and oxygen atoms in total. The summed E-state index contributed by atoms with van der Waals surface area (Å²) in [6, 6.07) is 6.42. The van der Waals surface area contributed by atoms with E-state index >= 15 is 0 Å². The van der Waals surface area contributed by atoms with Crippen LogP contribution in [0.5, 0.6) is 0 Å². The Morgan fingerprint density at radius 3 is 2.63 bits per heavy atom. The predicted molar refractivity (Wildman–Crippen MR) is 75.9 cm³/mol. The Balaban J connectivity index is 2.33. The summed E-state index contributed by atoms with van der Waals surface area (Å²) in [5.41, 5.74) is 10.9. The second-order valence-corrected chi connectivity index (χ2v) is 4.76. The van der Waals surface area contributed by atoms with E-state index in [4.69, 9.17) is 5.73 Å². The highest BCUT2D eigenvalue weighted by molar-refractivity contribution is 9.10. The van der Waals surface area contributed by atoms with Gasteiger partial charge in [0, 0.05) is 11.0 Å². The van der Waals surface area contributed by atoms with E-state index in [-0.39, 0.29) is 0 Å². The Morgan fingerprint density at radius 1 is 1.32 bits per heavy atom. The first kappa shape index (κ1) is 15.5. The fourth-order valence-electron chi connectivity index (χ4n) is 1.26. The Hall–Kier alpha value is -1.60. The van der Waals surface area contributed by atoms with Crippen molar-refractivity contribution in [1.82, 2.24) is 16.2 Å². The van der Waals surface area contributed by atoms with E-state index in [2.05, 4.69) is 32.1 Å². The highest BCUT2D eigenvalue weighted by atomic mass is 79.9. The first-order chi connectivity index (χ1) is 9.04. The van der Waals surface area contributed by atoms with E-state index in [1.165, 1.54) is 0 Å². The van der Waals surface area contributed by atoms with Gasteiger partial charge < -0.3 is 11.1 Å². The summed E-state index contributed by atoms with van der Waals surface area (Å²) in [4.78, 5) is 22.8. The molecule has 0 radical (unpaired) electrons. The molecule has 3 amide bonds. The molecule has 0 saturated heterocycles. The molecule has 0 aliphatic carbocycles. The number of urea groups is 1. The van der Waals surface area contributed by atoms with Crippen molar-refractivity contribution in [2.75, 3.05) is 0 Å². The number of benzene rings is 1. The molecule has 0 bridgehead atoms. The van der Waals surface area contributed by atoms with Gasteiger partial charge in [0.25, 0.3) is 5.91 Å². The minimum Gasteiger partial charge on any atom is -0.333 e. The molecule has 0 aromatic heterocycles. The maximum absolute atomic E-state index is 11.4. The van der Waals surface area contributed by atoms with Crippen LogP contribution in [0, 0.1) is 0 Å². The third-order valence-corrected chi connectivity index (χ3v) is 3.25. The quantitative estimate of drug-likeness (QED) is 0.621. The van der Waals surface area contributed by atoms with Gasteiger partial charge in [-0.05, 0) is 18.1 Å². The minimum atomic E-state index is -0.622. The number of nitrogens with two attached hydrogens (primary N) is 1. The van der Waals surface area contributed by atoms with Gasteiger partial charge in [-0.2, -0.15) is 0 Å². The largest absolute Gasteiger partial charge is 0.333 e. The molecular formula is C12H17BrN4O2. The third kappa shape index (κ3) is 5.27. The fraction of sp³-hybridized carbons (Fsp3) is 0.333. The molecule has 0 fully saturated rings. The summed E-state index contributed by atoms with van der Waals surface area (Å²) in [5.74, 6) is -0.418. The zero-order valence-electron chi connectivity index (χ0n) is 10.6. The van der Waals surface area contributed by atoms with Crippen LogP contribution in [0.3, 0.4) is 0 Å². The fourth-order valence-corrected chi connectivity index (χ4v) is 1.68. The van der Waals surface area contributed by atoms with Crippen molar-refractivity contribution in [3.05, 3.63) is 34.3 Å². The Bertz CT molecular complexity index is 453. The number of carbonyl (C=O) groups excluding carboxylic acids is 2. The lowest BCUT2D eigenvalue weighted by atomic mass is 10.2. The molecule has 0 aliphatic heterocycles. The van der Waals surface area contributed by atoms with E-state index in [1.807, 2.05) is 24.3 Å². The van der Waals surface area contributed by atoms with Crippen LogP contribution in [0.25, 0.3) is 0 Å². The Labute approximate surface area is 120 Å². The highest BCUT2D eigenvalue weighted by Crippen LogP contribution is 2.14. The molecule has 1 rings (SSSR count). The summed E-state index contributed by atoms with van der Waals surface area (Å²) in [6.45, 7) is 2.14. The minimum absolute atomic E-state index is 0.350. The van der Waals surface area contributed by atoms with Crippen molar-refractivity contribution in [2.24, 2.45) is 5.73 Å². The van der Waals surface area contributed by atoms with Crippen LogP contribution < -0.4 is 21.9 Å². The molecule has 0 aliphatic rings. The molecule has 1 aromatic carbocycles. The van der Waals surface area contributed by atoms with E-state index < -0.39 is 18.0 Å². The highest BCUT2D eigenvalue weighted by Gasteiger charge is 2.11. The van der Waals surface area contributed by atoms with Gasteiger partial charge in [0.15, 0.2) is 0 Å². The van der Waals surface area contributed by atoms with Crippen molar-refractivity contribution in [2.45, 2.75) is 25.9 Å². The van der Waals surface area contributed by atoms with Crippen molar-refractivity contribution in [3.63, 3.8) is 0 Å². The van der Waals surface area contributed by atoms with Gasteiger partial charge in [0.1, 0.15) is 0 Å². The second kappa shape index (κ2) is 7.75. The van der Waals surface area contributed by atoms with Crippen LogP contribution in [0.15, 0.2) is 28.7 Å². The van der Waals surface area contributed by atoms with Crippen LogP contribution in [0.4, 0.5) is 4.79 Å². The molecule has 1 atom stereocenters. The maximum Gasteiger partial charge on any atom is 0.333 e. The second-order valence-electron chi connectivity index (χ2n) is 3.90. The molecule has 5 N–H and O–H groups in total. The molecule has 1 aromatic rings. The molecule has 0 saturated carbocycles. The molecule has 7 heteroatoms.